The van der Waals surface area contributed by atoms with Crippen LogP contribution in [0.1, 0.15) is 0 Å². The Hall–Kier alpha value is -18.8. The van der Waals surface area contributed by atoms with Crippen molar-refractivity contribution in [2.75, 3.05) is 0 Å². The van der Waals surface area contributed by atoms with Gasteiger partial charge in [0.15, 0.2) is 34.9 Å². The molecule has 0 saturated carbocycles. The minimum Gasteiger partial charge on any atom is -0.236 e. The summed E-state index contributed by atoms with van der Waals surface area (Å²) in [6.07, 6.45) is 0. The molecule has 0 aliphatic carbocycles. The van der Waals surface area contributed by atoms with Gasteiger partial charge in [0.05, 0.1) is 75.0 Å². The Labute approximate surface area is 870 Å². The Morgan fingerprint density at radius 3 is 0.804 bits per heavy atom. The summed E-state index contributed by atoms with van der Waals surface area (Å²) < 4.78 is 4.64. The Bertz CT molecular complexity index is 8940. The Kier molecular flexibility index (Phi) is 26.3. The predicted octanol–water partition coefficient (Wildman–Crippen LogP) is 34.9. The first-order valence-corrected chi connectivity index (χ1v) is 51.9. The minimum atomic E-state index is 0.641. The zero-order valence-corrected chi connectivity index (χ0v) is 82.8. The molecule has 13 nitrogen and oxygen atoms in total. The molecule has 0 fully saturated rings. The van der Waals surface area contributed by atoms with Gasteiger partial charge in [-0.25, -0.2) is 64.8 Å². The van der Waals surface area contributed by atoms with Crippen molar-refractivity contribution in [1.29, 1.82) is 0 Å². The lowest BCUT2D eigenvalue weighted by Gasteiger charge is -2.10. The van der Waals surface area contributed by atoms with E-state index in [1.54, 1.807) is 45.3 Å². The molecule has 27 aromatic rings. The van der Waals surface area contributed by atoms with E-state index in [9.17, 15) is 0 Å². The molecule has 0 atom stereocenters. The fraction of sp³-hybridized carbons (Fsp3) is 0. The number of para-hydroxylation sites is 2. The summed E-state index contributed by atoms with van der Waals surface area (Å²) in [5.74, 6) is 4.08. The molecule has 8 aromatic heterocycles. The lowest BCUT2D eigenvalue weighted by atomic mass is 9.99. The highest BCUT2D eigenvalue weighted by atomic mass is 32.1. The van der Waals surface area contributed by atoms with Crippen molar-refractivity contribution in [3.8, 4) is 200 Å². The van der Waals surface area contributed by atoms with Crippen LogP contribution in [0.3, 0.4) is 0 Å². The second-order valence-corrected chi connectivity index (χ2v) is 39.3. The number of rotatable bonds is 18. The van der Waals surface area contributed by atoms with Crippen molar-refractivity contribution in [2.45, 2.75) is 0 Å². The number of benzene rings is 19. The second kappa shape index (κ2) is 42.4. The molecule has 698 valence electrons. The third-order valence-corrected chi connectivity index (χ3v) is 29.7. The first-order chi connectivity index (χ1) is 73.3. The van der Waals surface area contributed by atoms with Gasteiger partial charge in [0.1, 0.15) is 20.0 Å². The standard InChI is InChI=1S/C44H28N4S.3C29H19N3S/c1-4-11-29(12-5-1)30-19-21-32(22-20-30)42-46-41(31-13-6-2-7-14-31)47-43(48-42)37-26-24-34-27-36(25-23-35(34)28-37)38-17-10-18-39-40(38)45-44(49-39)33-15-8-3-9-16-33;1-4-11-20(12-5-1)24-19-25(31-28(30-24)21-13-6-2-7-14-21)23-17-10-18-26-27(23)32-29(33-26)22-15-8-3-9-16-22;1-4-10-20(11-5-1)24-19-25(31-28(30-24)21-12-6-2-7-13-21)23-16-17-27-26(18-23)32-29(33-27)22-14-8-3-9-15-22;1-4-10-20(11-5-1)25-19-26(31-28(30-25)21-12-6-2-7-13-21)23-16-17-24-27(18-23)33-29(32-24)22-14-8-3-9-15-22/h1-28H;3*1-19H. The molecule has 0 aliphatic rings. The fourth-order valence-electron chi connectivity index (χ4n) is 17.9. The van der Waals surface area contributed by atoms with E-state index in [2.05, 4.69) is 273 Å². The van der Waals surface area contributed by atoms with Gasteiger partial charge in [-0.3, -0.25) is 0 Å². The van der Waals surface area contributed by atoms with Gasteiger partial charge in [-0.1, -0.05) is 449 Å². The van der Waals surface area contributed by atoms with E-state index in [0.29, 0.717) is 23.3 Å². The predicted molar refractivity (Wildman–Crippen MR) is 614 cm³/mol. The van der Waals surface area contributed by atoms with E-state index in [-0.39, 0.29) is 0 Å². The highest BCUT2D eigenvalue weighted by molar-refractivity contribution is 7.22. The Morgan fingerprint density at radius 2 is 0.385 bits per heavy atom. The molecule has 148 heavy (non-hydrogen) atoms. The maximum atomic E-state index is 5.08. The van der Waals surface area contributed by atoms with Crippen molar-refractivity contribution in [3.63, 3.8) is 0 Å². The van der Waals surface area contributed by atoms with Crippen molar-refractivity contribution in [3.05, 3.63) is 516 Å². The van der Waals surface area contributed by atoms with Crippen molar-refractivity contribution >= 4 is 97.0 Å². The molecule has 27 rings (SSSR count). The van der Waals surface area contributed by atoms with Gasteiger partial charge in [-0.05, 0) is 94.2 Å². The van der Waals surface area contributed by atoms with Gasteiger partial charge in [-0.2, -0.15) is 0 Å². The number of hydrogen-bond donors (Lipinski definition) is 0. The van der Waals surface area contributed by atoms with Crippen LogP contribution < -0.4 is 0 Å². The number of hydrogen-bond acceptors (Lipinski definition) is 17. The highest BCUT2D eigenvalue weighted by Crippen LogP contribution is 2.43. The summed E-state index contributed by atoms with van der Waals surface area (Å²) in [5, 5.41) is 6.37. The largest absolute Gasteiger partial charge is 0.236 e. The van der Waals surface area contributed by atoms with E-state index < -0.39 is 0 Å². The first-order valence-electron chi connectivity index (χ1n) is 48.6. The first kappa shape index (κ1) is 91.7. The van der Waals surface area contributed by atoms with Crippen LogP contribution in [0.5, 0.6) is 0 Å². The molecular formula is C131H85N13S4. The number of fused-ring (bicyclic) bond motifs is 5. The van der Waals surface area contributed by atoms with Crippen LogP contribution in [0.15, 0.2) is 516 Å². The van der Waals surface area contributed by atoms with Gasteiger partial charge in [0.2, 0.25) is 0 Å². The van der Waals surface area contributed by atoms with E-state index in [4.69, 9.17) is 64.8 Å². The lowest BCUT2D eigenvalue weighted by Crippen LogP contribution is -2.00. The quantitative estimate of drug-likeness (QED) is 0.0797. The molecule has 0 aliphatic heterocycles. The molecular weight excluding hydrogens is 1880 g/mol. The van der Waals surface area contributed by atoms with E-state index >= 15 is 0 Å². The molecule has 19 aromatic carbocycles. The summed E-state index contributed by atoms with van der Waals surface area (Å²) >= 11 is 6.85. The molecule has 0 radical (unpaired) electrons. The number of nitrogens with zero attached hydrogens (tertiary/aromatic N) is 13. The molecule has 0 saturated heterocycles. The summed E-state index contributed by atoms with van der Waals surface area (Å²) in [6.45, 7) is 0. The Morgan fingerprint density at radius 1 is 0.122 bits per heavy atom. The van der Waals surface area contributed by atoms with Gasteiger partial charge in [0.25, 0.3) is 0 Å². The minimum absolute atomic E-state index is 0.641. The Balaban J connectivity index is 0.000000107. The molecule has 0 unspecified atom stereocenters. The maximum Gasteiger partial charge on any atom is 0.164 e. The lowest BCUT2D eigenvalue weighted by molar-refractivity contribution is 1.07. The van der Waals surface area contributed by atoms with Gasteiger partial charge in [0, 0.05) is 94.6 Å². The van der Waals surface area contributed by atoms with Crippen LogP contribution >= 0.6 is 45.3 Å². The van der Waals surface area contributed by atoms with Gasteiger partial charge >= 0.3 is 0 Å². The SMILES string of the molecule is c1ccc(-c2cc(-c3ccc4nc(-c5ccccc5)sc4c3)nc(-c3ccccc3)n2)cc1.c1ccc(-c2cc(-c3ccc4sc(-c5ccccc5)nc4c3)nc(-c3ccccc3)n2)cc1.c1ccc(-c2cc(-c3cccc4sc(-c5ccccc5)nc34)nc(-c3ccccc3)n2)cc1.c1ccc(-c2ccc(-c3nc(-c4ccccc4)nc(-c4ccc5cc(-c6cccc7sc(-c8ccccc8)nc67)ccc5c4)n3)cc2)cc1. The van der Waals surface area contributed by atoms with Crippen molar-refractivity contribution in [2.24, 2.45) is 0 Å². The molecule has 0 N–H and O–H groups in total. The highest BCUT2D eigenvalue weighted by Gasteiger charge is 2.22. The van der Waals surface area contributed by atoms with Crippen LogP contribution in [0.2, 0.25) is 0 Å². The van der Waals surface area contributed by atoms with Crippen LogP contribution in [0.25, 0.3) is 252 Å². The molecule has 0 bridgehead atoms. The topological polar surface area (TPSA) is 168 Å². The number of thiazole rings is 4. The number of aromatic nitrogens is 13. The second-order valence-electron chi connectivity index (χ2n) is 35.2. The van der Waals surface area contributed by atoms with Gasteiger partial charge < -0.3 is 0 Å². The summed E-state index contributed by atoms with van der Waals surface area (Å²) in [5.41, 5.74) is 30.7. The molecule has 0 amide bonds. The van der Waals surface area contributed by atoms with Crippen LogP contribution in [0, 0.1) is 0 Å². The third-order valence-electron chi connectivity index (χ3n) is 25.4. The van der Waals surface area contributed by atoms with Crippen molar-refractivity contribution < 1.29 is 0 Å². The van der Waals surface area contributed by atoms with Crippen LogP contribution in [-0.2, 0) is 0 Å². The van der Waals surface area contributed by atoms with Crippen LogP contribution in [-0.4, -0.2) is 64.8 Å². The average Bonchev–Trinajstić information content (AvgIpc) is 1.36. The fourth-order valence-corrected chi connectivity index (χ4v) is 21.8. The molecule has 17 heteroatoms. The summed E-state index contributed by atoms with van der Waals surface area (Å²) in [7, 11) is 0. The van der Waals surface area contributed by atoms with E-state index in [1.165, 1.54) is 15.0 Å². The van der Waals surface area contributed by atoms with Gasteiger partial charge in [-0.15, -0.1) is 45.3 Å². The smallest absolute Gasteiger partial charge is 0.164 e. The zero-order valence-electron chi connectivity index (χ0n) is 79.5. The van der Waals surface area contributed by atoms with Crippen molar-refractivity contribution in [1.82, 2.24) is 64.8 Å². The monoisotopic (exact) mass is 1970 g/mol. The van der Waals surface area contributed by atoms with E-state index in [0.717, 1.165) is 214 Å². The zero-order chi connectivity index (χ0) is 98.7. The average molecular weight is 1970 g/mol. The maximum absolute atomic E-state index is 5.08. The summed E-state index contributed by atoms with van der Waals surface area (Å²) in [4.78, 5) is 64.3. The van der Waals surface area contributed by atoms with E-state index in [1.807, 2.05) is 243 Å². The van der Waals surface area contributed by atoms with Crippen LogP contribution in [0.4, 0.5) is 0 Å². The molecule has 8 heterocycles. The molecule has 0 spiro atoms. The summed E-state index contributed by atoms with van der Waals surface area (Å²) in [6, 6.07) is 176. The normalized spacial score (nSPS) is 11.1. The third kappa shape index (κ3) is 20.4.